The maximum atomic E-state index is 12.3. The molecule has 0 saturated carbocycles. The molecule has 0 aliphatic carbocycles. The van der Waals surface area contributed by atoms with Crippen molar-refractivity contribution in [1.82, 2.24) is 14.9 Å². The van der Waals surface area contributed by atoms with Crippen LogP contribution < -0.4 is 5.32 Å². The van der Waals surface area contributed by atoms with E-state index in [9.17, 15) is 4.79 Å². The lowest BCUT2D eigenvalue weighted by Crippen LogP contribution is -2.24. The highest BCUT2D eigenvalue weighted by Gasteiger charge is 2.28. The Kier molecular flexibility index (Phi) is 5.27. The molecule has 6 heteroatoms. The molecule has 1 aromatic carbocycles. The first-order chi connectivity index (χ1) is 13.2. The number of anilines is 1. The van der Waals surface area contributed by atoms with Gasteiger partial charge in [-0.2, -0.15) is 0 Å². The number of carbonyl (C=O) groups excluding carboxylic acids is 1. The number of nitrogens with one attached hydrogen (secondary N) is 1. The van der Waals surface area contributed by atoms with Crippen LogP contribution in [0, 0.1) is 6.92 Å². The van der Waals surface area contributed by atoms with Gasteiger partial charge in [-0.25, -0.2) is 4.98 Å². The molecular formula is C21H22N4OS. The van der Waals surface area contributed by atoms with E-state index in [0.29, 0.717) is 10.7 Å². The van der Waals surface area contributed by atoms with E-state index in [4.69, 9.17) is 4.98 Å². The molecule has 4 rings (SSSR count). The number of likely N-dealkylation sites (tertiary alicyclic amines) is 1. The van der Waals surface area contributed by atoms with Crippen molar-refractivity contribution < 1.29 is 4.79 Å². The molecule has 27 heavy (non-hydrogen) atoms. The molecular weight excluding hydrogens is 356 g/mol. The molecule has 5 nitrogen and oxygen atoms in total. The number of carbonyl (C=O) groups is 1. The van der Waals surface area contributed by atoms with E-state index < -0.39 is 0 Å². The zero-order valence-corrected chi connectivity index (χ0v) is 16.1. The van der Waals surface area contributed by atoms with Crippen LogP contribution in [0.5, 0.6) is 0 Å². The first-order valence-corrected chi connectivity index (χ1v) is 10.0. The molecule has 1 aliphatic rings. The topological polar surface area (TPSA) is 58.1 Å². The molecule has 1 atom stereocenters. The van der Waals surface area contributed by atoms with Crippen LogP contribution in [0.15, 0.2) is 54.0 Å². The molecule has 0 radical (unpaired) electrons. The van der Waals surface area contributed by atoms with Crippen molar-refractivity contribution in [2.75, 3.05) is 11.9 Å². The highest BCUT2D eigenvalue weighted by atomic mass is 32.1. The second-order valence-electron chi connectivity index (χ2n) is 6.79. The van der Waals surface area contributed by atoms with E-state index in [0.717, 1.165) is 37.3 Å². The Hall–Kier alpha value is -2.57. The Morgan fingerprint density at radius 1 is 1.26 bits per heavy atom. The van der Waals surface area contributed by atoms with Crippen LogP contribution in [0.25, 0.3) is 0 Å². The molecule has 1 fully saturated rings. The van der Waals surface area contributed by atoms with E-state index in [1.54, 1.807) is 12.1 Å². The number of aryl methyl sites for hydroxylation is 1. The van der Waals surface area contributed by atoms with Gasteiger partial charge in [0.1, 0.15) is 0 Å². The average molecular weight is 379 g/mol. The van der Waals surface area contributed by atoms with E-state index in [1.807, 2.05) is 30.5 Å². The second kappa shape index (κ2) is 7.98. The standard InChI is InChI=1S/C21H22N4OS/c1-15-7-5-11-22-17(15)13-25-12-6-10-19(25)18-14-27-21(23-18)24-20(26)16-8-3-2-4-9-16/h2-5,7-9,11,14,19H,6,10,12-13H2,1H3,(H,23,24,26)/t19-/m1/s1. The first kappa shape index (κ1) is 17.8. The molecule has 1 saturated heterocycles. The van der Waals surface area contributed by atoms with Gasteiger partial charge in [-0.05, 0) is 50.1 Å². The molecule has 0 bridgehead atoms. The normalized spacial score (nSPS) is 17.1. The third-order valence-corrected chi connectivity index (χ3v) is 5.73. The summed E-state index contributed by atoms with van der Waals surface area (Å²) in [6, 6.07) is 13.6. The van der Waals surface area contributed by atoms with Gasteiger partial charge in [0.15, 0.2) is 5.13 Å². The largest absolute Gasteiger partial charge is 0.298 e. The maximum absolute atomic E-state index is 12.3. The smallest absolute Gasteiger partial charge is 0.257 e. The number of thiazole rings is 1. The molecule has 2 aromatic heterocycles. The minimum Gasteiger partial charge on any atom is -0.298 e. The van der Waals surface area contributed by atoms with Crippen molar-refractivity contribution in [3.63, 3.8) is 0 Å². The minimum absolute atomic E-state index is 0.121. The van der Waals surface area contributed by atoms with Crippen LogP contribution in [0.1, 0.15) is 46.2 Å². The van der Waals surface area contributed by atoms with Crippen LogP contribution in [0.2, 0.25) is 0 Å². The Labute approximate surface area is 163 Å². The van der Waals surface area contributed by atoms with E-state index in [-0.39, 0.29) is 11.9 Å². The molecule has 138 valence electrons. The van der Waals surface area contributed by atoms with Crippen molar-refractivity contribution >= 4 is 22.4 Å². The lowest BCUT2D eigenvalue weighted by molar-refractivity contribution is 0.102. The summed E-state index contributed by atoms with van der Waals surface area (Å²) in [6.07, 6.45) is 4.09. The third kappa shape index (κ3) is 4.07. The van der Waals surface area contributed by atoms with Crippen LogP contribution in [-0.4, -0.2) is 27.3 Å². The lowest BCUT2D eigenvalue weighted by atomic mass is 10.1. The summed E-state index contributed by atoms with van der Waals surface area (Å²) in [5.41, 5.74) is 4.02. The van der Waals surface area contributed by atoms with Crippen molar-refractivity contribution in [2.24, 2.45) is 0 Å². The predicted octanol–water partition coefficient (Wildman–Crippen LogP) is 4.44. The number of hydrogen-bond donors (Lipinski definition) is 1. The van der Waals surface area contributed by atoms with Crippen molar-refractivity contribution in [2.45, 2.75) is 32.4 Å². The van der Waals surface area contributed by atoms with Gasteiger partial charge >= 0.3 is 0 Å². The highest BCUT2D eigenvalue weighted by Crippen LogP contribution is 2.34. The number of nitrogens with zero attached hydrogens (tertiary/aromatic N) is 3. The van der Waals surface area contributed by atoms with Gasteiger partial charge in [0.2, 0.25) is 0 Å². The van der Waals surface area contributed by atoms with Gasteiger partial charge in [-0.3, -0.25) is 20.0 Å². The van der Waals surface area contributed by atoms with Gasteiger partial charge in [0, 0.05) is 23.7 Å². The van der Waals surface area contributed by atoms with Gasteiger partial charge in [-0.15, -0.1) is 11.3 Å². The summed E-state index contributed by atoms with van der Waals surface area (Å²) in [7, 11) is 0. The minimum atomic E-state index is -0.121. The van der Waals surface area contributed by atoms with Crippen molar-refractivity contribution in [3.05, 3.63) is 76.6 Å². The molecule has 1 N–H and O–H groups in total. The average Bonchev–Trinajstić information content (AvgIpc) is 3.33. The number of aromatic nitrogens is 2. The summed E-state index contributed by atoms with van der Waals surface area (Å²) in [5, 5.41) is 5.63. The third-order valence-electron chi connectivity index (χ3n) is 4.95. The summed E-state index contributed by atoms with van der Waals surface area (Å²) < 4.78 is 0. The van der Waals surface area contributed by atoms with Crippen LogP contribution >= 0.6 is 11.3 Å². The summed E-state index contributed by atoms with van der Waals surface area (Å²) in [4.78, 5) is 24.0. The van der Waals surface area contributed by atoms with Gasteiger partial charge in [-0.1, -0.05) is 24.3 Å². The second-order valence-corrected chi connectivity index (χ2v) is 7.65. The van der Waals surface area contributed by atoms with Crippen LogP contribution in [0.4, 0.5) is 5.13 Å². The van der Waals surface area contributed by atoms with Crippen molar-refractivity contribution in [3.8, 4) is 0 Å². The fourth-order valence-corrected chi connectivity index (χ4v) is 4.23. The van der Waals surface area contributed by atoms with E-state index >= 15 is 0 Å². The quantitative estimate of drug-likeness (QED) is 0.713. The lowest BCUT2D eigenvalue weighted by Gasteiger charge is -2.23. The van der Waals surface area contributed by atoms with Gasteiger partial charge in [0.25, 0.3) is 5.91 Å². The number of pyridine rings is 1. The number of hydrogen-bond acceptors (Lipinski definition) is 5. The predicted molar refractivity (Wildman–Crippen MR) is 108 cm³/mol. The number of rotatable bonds is 5. The molecule has 3 aromatic rings. The fraction of sp³-hybridized carbons (Fsp3) is 0.286. The summed E-state index contributed by atoms with van der Waals surface area (Å²) >= 11 is 1.49. The Morgan fingerprint density at radius 3 is 2.93 bits per heavy atom. The zero-order chi connectivity index (χ0) is 18.6. The van der Waals surface area contributed by atoms with Gasteiger partial charge < -0.3 is 0 Å². The van der Waals surface area contributed by atoms with E-state index in [2.05, 4.69) is 33.6 Å². The zero-order valence-electron chi connectivity index (χ0n) is 15.3. The Morgan fingerprint density at radius 2 is 2.11 bits per heavy atom. The van der Waals surface area contributed by atoms with Crippen LogP contribution in [0.3, 0.4) is 0 Å². The van der Waals surface area contributed by atoms with Crippen molar-refractivity contribution in [1.29, 1.82) is 0 Å². The molecule has 3 heterocycles. The summed E-state index contributed by atoms with van der Waals surface area (Å²) in [5.74, 6) is -0.121. The monoisotopic (exact) mass is 378 g/mol. The first-order valence-electron chi connectivity index (χ1n) is 9.17. The van der Waals surface area contributed by atoms with E-state index in [1.165, 1.54) is 16.9 Å². The number of benzene rings is 1. The molecule has 1 amide bonds. The van der Waals surface area contributed by atoms with Gasteiger partial charge in [0.05, 0.1) is 17.4 Å². The molecule has 0 unspecified atom stereocenters. The fourth-order valence-electron chi connectivity index (χ4n) is 3.48. The summed E-state index contributed by atoms with van der Waals surface area (Å²) in [6.45, 7) is 3.98. The number of amides is 1. The molecule has 1 aliphatic heterocycles. The maximum Gasteiger partial charge on any atom is 0.257 e. The SMILES string of the molecule is Cc1cccnc1CN1CCC[C@@H]1c1csc(NC(=O)c2ccccc2)n1. The molecule has 0 spiro atoms. The Bertz CT molecular complexity index is 925. The Balaban J connectivity index is 1.45. The van der Waals surface area contributed by atoms with Crippen LogP contribution in [-0.2, 0) is 6.54 Å². The highest BCUT2D eigenvalue weighted by molar-refractivity contribution is 7.14.